The predicted molar refractivity (Wildman–Crippen MR) is 86.6 cm³/mol. The molecule has 5 heteroatoms. The highest BCUT2D eigenvalue weighted by Gasteiger charge is 2.10. The Kier molecular flexibility index (Phi) is 5.26. The van der Waals surface area contributed by atoms with Crippen LogP contribution in [0.5, 0.6) is 5.75 Å². The fourth-order valence-electron chi connectivity index (χ4n) is 2.04. The Morgan fingerprint density at radius 3 is 2.85 bits per heavy atom. The molecule has 0 N–H and O–H groups in total. The molecule has 0 radical (unpaired) electrons. The average molecular weight is 356 g/mol. The van der Waals surface area contributed by atoms with Gasteiger partial charge < -0.3 is 9.64 Å². The number of rotatable bonds is 5. The van der Waals surface area contributed by atoms with Crippen molar-refractivity contribution in [1.82, 2.24) is 4.98 Å². The molecule has 0 atom stereocenters. The lowest BCUT2D eigenvalue weighted by Crippen LogP contribution is -2.19. The van der Waals surface area contributed by atoms with Crippen LogP contribution >= 0.6 is 27.5 Å². The molecule has 1 aromatic heterocycles. The van der Waals surface area contributed by atoms with Gasteiger partial charge in [-0.3, -0.25) is 0 Å². The summed E-state index contributed by atoms with van der Waals surface area (Å²) in [6, 6.07) is 10.0. The molecule has 0 unspecified atom stereocenters. The summed E-state index contributed by atoms with van der Waals surface area (Å²) in [5.41, 5.74) is 2.17. The maximum atomic E-state index is 5.99. The van der Waals surface area contributed by atoms with Crippen LogP contribution in [0.3, 0.4) is 0 Å². The van der Waals surface area contributed by atoms with E-state index in [1.54, 1.807) is 13.3 Å². The number of methoxy groups -OCH3 is 1. The van der Waals surface area contributed by atoms with Crippen molar-refractivity contribution in [3.63, 3.8) is 0 Å². The van der Waals surface area contributed by atoms with Crippen LogP contribution in [-0.2, 0) is 12.4 Å². The molecule has 106 valence electrons. The van der Waals surface area contributed by atoms with Crippen LogP contribution in [0, 0.1) is 0 Å². The maximum absolute atomic E-state index is 5.99. The van der Waals surface area contributed by atoms with E-state index in [0.29, 0.717) is 5.88 Å². The molecule has 3 nitrogen and oxygen atoms in total. The highest BCUT2D eigenvalue weighted by Crippen LogP contribution is 2.24. The van der Waals surface area contributed by atoms with Crippen molar-refractivity contribution in [3.05, 3.63) is 52.1 Å². The van der Waals surface area contributed by atoms with Crippen molar-refractivity contribution in [2.24, 2.45) is 0 Å². The number of aromatic nitrogens is 1. The molecule has 0 aliphatic carbocycles. The van der Waals surface area contributed by atoms with Crippen LogP contribution in [-0.4, -0.2) is 19.1 Å². The molecule has 0 aliphatic heterocycles. The van der Waals surface area contributed by atoms with E-state index in [1.165, 1.54) is 0 Å². The van der Waals surface area contributed by atoms with Crippen molar-refractivity contribution in [3.8, 4) is 5.75 Å². The van der Waals surface area contributed by atoms with E-state index in [2.05, 4.69) is 31.9 Å². The Morgan fingerprint density at radius 1 is 1.35 bits per heavy atom. The van der Waals surface area contributed by atoms with E-state index >= 15 is 0 Å². The normalized spacial score (nSPS) is 10.4. The van der Waals surface area contributed by atoms with Gasteiger partial charge in [-0.15, -0.1) is 11.6 Å². The summed E-state index contributed by atoms with van der Waals surface area (Å²) in [7, 11) is 3.68. The smallest absolute Gasteiger partial charge is 0.133 e. The topological polar surface area (TPSA) is 25.4 Å². The largest absolute Gasteiger partial charge is 0.497 e. The average Bonchev–Trinajstić information content (AvgIpc) is 2.47. The minimum atomic E-state index is 0.435. The summed E-state index contributed by atoms with van der Waals surface area (Å²) in [6.45, 7) is 0.746. The van der Waals surface area contributed by atoms with E-state index in [-0.39, 0.29) is 0 Å². The van der Waals surface area contributed by atoms with Gasteiger partial charge >= 0.3 is 0 Å². The van der Waals surface area contributed by atoms with Gasteiger partial charge in [0.25, 0.3) is 0 Å². The van der Waals surface area contributed by atoms with Crippen molar-refractivity contribution < 1.29 is 4.74 Å². The summed E-state index contributed by atoms with van der Waals surface area (Å²) in [6.07, 6.45) is 1.79. The molecule has 0 aliphatic rings. The highest BCUT2D eigenvalue weighted by atomic mass is 79.9. The second-order valence-electron chi connectivity index (χ2n) is 4.48. The van der Waals surface area contributed by atoms with Crippen LogP contribution in [0.25, 0.3) is 0 Å². The van der Waals surface area contributed by atoms with Crippen LogP contribution in [0.4, 0.5) is 5.82 Å². The molecular formula is C15H16BrClN2O. The number of ether oxygens (including phenoxy) is 1. The Bertz CT molecular complexity index is 592. The summed E-state index contributed by atoms with van der Waals surface area (Å²) in [5, 5.41) is 0. The lowest BCUT2D eigenvalue weighted by Gasteiger charge is -2.21. The number of halogens is 2. The lowest BCUT2D eigenvalue weighted by atomic mass is 10.2. The zero-order valence-electron chi connectivity index (χ0n) is 11.4. The molecule has 0 fully saturated rings. The van der Waals surface area contributed by atoms with Gasteiger partial charge in [0.15, 0.2) is 0 Å². The van der Waals surface area contributed by atoms with E-state index in [1.807, 2.05) is 31.3 Å². The number of pyridine rings is 1. The fourth-order valence-corrected chi connectivity index (χ4v) is 2.61. The van der Waals surface area contributed by atoms with Gasteiger partial charge in [0.05, 0.1) is 13.0 Å². The molecule has 20 heavy (non-hydrogen) atoms. The monoisotopic (exact) mass is 354 g/mol. The second-order valence-corrected chi connectivity index (χ2v) is 5.66. The van der Waals surface area contributed by atoms with Gasteiger partial charge in [-0.1, -0.05) is 12.1 Å². The van der Waals surface area contributed by atoms with Gasteiger partial charge in [-0.05, 0) is 39.7 Å². The first kappa shape index (κ1) is 15.1. The van der Waals surface area contributed by atoms with Gasteiger partial charge in [-0.25, -0.2) is 4.98 Å². The second kappa shape index (κ2) is 6.95. The van der Waals surface area contributed by atoms with Crippen LogP contribution in [0.15, 0.2) is 41.0 Å². The first-order chi connectivity index (χ1) is 9.63. The van der Waals surface area contributed by atoms with Gasteiger partial charge in [-0.2, -0.15) is 0 Å². The number of benzene rings is 1. The summed E-state index contributed by atoms with van der Waals surface area (Å²) in [4.78, 5) is 6.53. The van der Waals surface area contributed by atoms with Crippen LogP contribution < -0.4 is 9.64 Å². The summed E-state index contributed by atoms with van der Waals surface area (Å²) < 4.78 is 6.18. The van der Waals surface area contributed by atoms with Gasteiger partial charge in [0.2, 0.25) is 0 Å². The molecule has 1 aromatic carbocycles. The lowest BCUT2D eigenvalue weighted by molar-refractivity contribution is 0.414. The summed E-state index contributed by atoms with van der Waals surface area (Å²) in [5.74, 6) is 2.19. The number of hydrogen-bond acceptors (Lipinski definition) is 3. The number of hydrogen-bond donors (Lipinski definition) is 0. The SMILES string of the molecule is COc1cccc(CN(C)c2ncc(Br)cc2CCl)c1. The molecular weight excluding hydrogens is 340 g/mol. The van der Waals surface area contributed by atoms with Crippen molar-refractivity contribution in [1.29, 1.82) is 0 Å². The van der Waals surface area contributed by atoms with Gasteiger partial charge in [0, 0.05) is 29.8 Å². The predicted octanol–water partition coefficient (Wildman–Crippen LogP) is 4.23. The number of anilines is 1. The number of alkyl halides is 1. The Labute approximate surface area is 132 Å². The summed E-state index contributed by atoms with van der Waals surface area (Å²) >= 11 is 9.41. The molecule has 0 bridgehead atoms. The van der Waals surface area contributed by atoms with Crippen molar-refractivity contribution in [2.45, 2.75) is 12.4 Å². The third-order valence-corrected chi connectivity index (χ3v) is 3.69. The van der Waals surface area contributed by atoms with Crippen molar-refractivity contribution >= 4 is 33.3 Å². The number of nitrogens with zero attached hydrogens (tertiary/aromatic N) is 2. The Balaban J connectivity index is 2.21. The van der Waals surface area contributed by atoms with Gasteiger partial charge in [0.1, 0.15) is 11.6 Å². The molecule has 0 saturated carbocycles. The molecule has 0 saturated heterocycles. The molecule has 1 heterocycles. The zero-order chi connectivity index (χ0) is 14.5. The van der Waals surface area contributed by atoms with E-state index < -0.39 is 0 Å². The minimum Gasteiger partial charge on any atom is -0.497 e. The Hall–Kier alpha value is -1.26. The van der Waals surface area contributed by atoms with Crippen molar-refractivity contribution in [2.75, 3.05) is 19.1 Å². The molecule has 0 spiro atoms. The maximum Gasteiger partial charge on any atom is 0.133 e. The Morgan fingerprint density at radius 2 is 2.15 bits per heavy atom. The molecule has 2 rings (SSSR count). The van der Waals surface area contributed by atoms with E-state index in [4.69, 9.17) is 16.3 Å². The van der Waals surface area contributed by atoms with Crippen LogP contribution in [0.2, 0.25) is 0 Å². The van der Waals surface area contributed by atoms with Crippen LogP contribution in [0.1, 0.15) is 11.1 Å². The third kappa shape index (κ3) is 3.64. The highest BCUT2D eigenvalue weighted by molar-refractivity contribution is 9.10. The van der Waals surface area contributed by atoms with E-state index in [9.17, 15) is 0 Å². The quantitative estimate of drug-likeness (QED) is 0.751. The standard InChI is InChI=1S/C15H16BrClN2O/c1-19(10-11-4-3-5-14(6-11)20-2)15-12(8-17)7-13(16)9-18-15/h3-7,9H,8,10H2,1-2H3. The minimum absolute atomic E-state index is 0.435. The zero-order valence-corrected chi connectivity index (χ0v) is 13.8. The first-order valence-corrected chi connectivity index (χ1v) is 7.51. The van der Waals surface area contributed by atoms with E-state index in [0.717, 1.165) is 33.7 Å². The third-order valence-electron chi connectivity index (χ3n) is 2.97. The molecule has 2 aromatic rings. The first-order valence-electron chi connectivity index (χ1n) is 6.18. The molecule has 0 amide bonds. The fraction of sp³-hybridized carbons (Fsp3) is 0.267.